The first-order valence-electron chi connectivity index (χ1n) is 20.5. The maximum atomic E-state index is 12.8. The molecule has 0 rings (SSSR count). The van der Waals surface area contributed by atoms with Crippen molar-refractivity contribution in [3.63, 3.8) is 0 Å². The number of carbonyl (C=O) groups excluding carboxylic acids is 1. The molecule has 9 heteroatoms. The standard InChI is InChI=1S/C42H79N2O6P/c1-6-8-10-12-14-16-18-20-21-22-24-25-27-29-31-33-35-41(45)40(39-50-51(47,48)49-38-37-44(3,4)5)43-42(46)36-34-32-30-28-26-23-19-17-15-13-11-9-7-2/h23,25-27,30,32-33,35,40-41,45H,6-22,24,28-29,31,34,36-39H2,1-5H3,(H-,43,46,47,48)/p+1/b26-23-,27-25+,32-30-,35-33+. The van der Waals surface area contributed by atoms with Gasteiger partial charge in [-0.1, -0.05) is 152 Å². The van der Waals surface area contributed by atoms with E-state index >= 15 is 0 Å². The fourth-order valence-corrected chi connectivity index (χ4v) is 6.19. The molecule has 298 valence electrons. The summed E-state index contributed by atoms with van der Waals surface area (Å²) < 4.78 is 23.4. The molecule has 1 amide bonds. The van der Waals surface area contributed by atoms with Crippen molar-refractivity contribution in [1.29, 1.82) is 0 Å². The fourth-order valence-electron chi connectivity index (χ4n) is 5.46. The third-order valence-corrected chi connectivity index (χ3v) is 9.77. The lowest BCUT2D eigenvalue weighted by molar-refractivity contribution is -0.870. The topological polar surface area (TPSA) is 105 Å². The van der Waals surface area contributed by atoms with Crippen LogP contribution in [0.2, 0.25) is 0 Å². The number of allylic oxidation sites excluding steroid dienone is 7. The Labute approximate surface area is 314 Å². The smallest absolute Gasteiger partial charge is 0.387 e. The first-order chi connectivity index (χ1) is 24.5. The summed E-state index contributed by atoms with van der Waals surface area (Å²) in [5.41, 5.74) is 0. The zero-order valence-corrected chi connectivity index (χ0v) is 34.5. The Morgan fingerprint density at radius 1 is 0.667 bits per heavy atom. The lowest BCUT2D eigenvalue weighted by Crippen LogP contribution is -2.45. The Kier molecular flexibility index (Phi) is 33.2. The lowest BCUT2D eigenvalue weighted by Gasteiger charge is -2.25. The van der Waals surface area contributed by atoms with Crippen LogP contribution in [0, 0.1) is 0 Å². The third-order valence-electron chi connectivity index (χ3n) is 8.78. The van der Waals surface area contributed by atoms with E-state index in [0.29, 0.717) is 17.4 Å². The van der Waals surface area contributed by atoms with E-state index in [1.165, 1.54) is 103 Å². The van der Waals surface area contributed by atoms with E-state index in [2.05, 4.69) is 49.5 Å². The molecular formula is C42H80N2O6P+. The Bertz CT molecular complexity index is 975. The van der Waals surface area contributed by atoms with E-state index < -0.39 is 20.0 Å². The number of phosphoric acid groups is 1. The molecule has 0 aromatic rings. The molecule has 0 aliphatic rings. The molecule has 3 unspecified atom stereocenters. The van der Waals surface area contributed by atoms with E-state index in [4.69, 9.17) is 9.05 Å². The van der Waals surface area contributed by atoms with Crippen LogP contribution in [0.15, 0.2) is 48.6 Å². The monoisotopic (exact) mass is 740 g/mol. The van der Waals surface area contributed by atoms with Gasteiger partial charge in [-0.25, -0.2) is 4.57 Å². The van der Waals surface area contributed by atoms with E-state index in [0.717, 1.165) is 32.1 Å². The van der Waals surface area contributed by atoms with Crippen molar-refractivity contribution in [3.05, 3.63) is 48.6 Å². The molecule has 0 aromatic carbocycles. The minimum Gasteiger partial charge on any atom is -0.387 e. The van der Waals surface area contributed by atoms with Gasteiger partial charge in [-0.15, -0.1) is 0 Å². The predicted octanol–water partition coefficient (Wildman–Crippen LogP) is 10.9. The number of aliphatic hydroxyl groups is 1. The molecule has 0 fully saturated rings. The van der Waals surface area contributed by atoms with Crippen molar-refractivity contribution in [2.24, 2.45) is 0 Å². The molecule has 0 aliphatic carbocycles. The second kappa shape index (κ2) is 34.2. The molecular weight excluding hydrogens is 659 g/mol. The average Bonchev–Trinajstić information content (AvgIpc) is 3.07. The Hall–Kier alpha value is -1.54. The highest BCUT2D eigenvalue weighted by molar-refractivity contribution is 7.47. The summed E-state index contributed by atoms with van der Waals surface area (Å²) in [6.07, 6.45) is 42.0. The van der Waals surface area contributed by atoms with Gasteiger partial charge in [-0.3, -0.25) is 13.8 Å². The number of carbonyl (C=O) groups is 1. The maximum absolute atomic E-state index is 12.8. The number of quaternary nitrogens is 1. The fraction of sp³-hybridized carbons (Fsp3) is 0.786. The predicted molar refractivity (Wildman–Crippen MR) is 217 cm³/mol. The number of nitrogens with one attached hydrogen (secondary N) is 1. The van der Waals surface area contributed by atoms with Gasteiger partial charge in [0.25, 0.3) is 0 Å². The van der Waals surface area contributed by atoms with Crippen LogP contribution in [0.5, 0.6) is 0 Å². The van der Waals surface area contributed by atoms with E-state index in [1.54, 1.807) is 6.08 Å². The molecule has 0 saturated heterocycles. The average molecular weight is 740 g/mol. The van der Waals surface area contributed by atoms with Crippen molar-refractivity contribution in [2.45, 2.75) is 174 Å². The van der Waals surface area contributed by atoms with Crippen molar-refractivity contribution in [1.82, 2.24) is 5.32 Å². The SMILES string of the molecule is CCCCCCCC/C=C\C/C=C\CCC(=O)NC(COP(=O)(O)OCC[N+](C)(C)C)C(O)/C=C/CC/C=C/CCCCCCCCCCCC. The molecule has 0 aliphatic heterocycles. The van der Waals surface area contributed by atoms with Crippen LogP contribution in [0.1, 0.15) is 162 Å². The van der Waals surface area contributed by atoms with Gasteiger partial charge >= 0.3 is 7.82 Å². The molecule has 3 atom stereocenters. The number of phosphoric ester groups is 1. The van der Waals surface area contributed by atoms with Crippen LogP contribution in [0.25, 0.3) is 0 Å². The number of hydrogen-bond donors (Lipinski definition) is 3. The van der Waals surface area contributed by atoms with Crippen molar-refractivity contribution in [3.8, 4) is 0 Å². The molecule has 3 N–H and O–H groups in total. The van der Waals surface area contributed by atoms with Crippen LogP contribution in [-0.4, -0.2) is 73.4 Å². The van der Waals surface area contributed by atoms with Gasteiger partial charge in [-0.2, -0.15) is 0 Å². The van der Waals surface area contributed by atoms with Gasteiger partial charge in [0.2, 0.25) is 5.91 Å². The first-order valence-corrected chi connectivity index (χ1v) is 22.0. The first kappa shape index (κ1) is 49.5. The summed E-state index contributed by atoms with van der Waals surface area (Å²) in [6, 6.07) is -0.892. The molecule has 0 bridgehead atoms. The number of hydrogen-bond acceptors (Lipinski definition) is 5. The molecule has 0 heterocycles. The van der Waals surface area contributed by atoms with Crippen molar-refractivity contribution >= 4 is 13.7 Å². The van der Waals surface area contributed by atoms with Gasteiger partial charge in [-0.05, 0) is 51.4 Å². The molecule has 0 spiro atoms. The molecule has 0 aromatic heterocycles. The van der Waals surface area contributed by atoms with Crippen molar-refractivity contribution in [2.75, 3.05) is 40.9 Å². The third kappa shape index (κ3) is 36.6. The normalized spacial score (nSPS) is 15.0. The largest absolute Gasteiger partial charge is 0.472 e. The van der Waals surface area contributed by atoms with Gasteiger partial charge in [0, 0.05) is 6.42 Å². The van der Waals surface area contributed by atoms with E-state index in [1.807, 2.05) is 33.3 Å². The van der Waals surface area contributed by atoms with Crippen LogP contribution < -0.4 is 5.32 Å². The zero-order valence-electron chi connectivity index (χ0n) is 33.6. The van der Waals surface area contributed by atoms with Crippen LogP contribution in [0.3, 0.4) is 0 Å². The van der Waals surface area contributed by atoms with Gasteiger partial charge in [0.05, 0.1) is 39.9 Å². The maximum Gasteiger partial charge on any atom is 0.472 e. The highest BCUT2D eigenvalue weighted by Crippen LogP contribution is 2.43. The summed E-state index contributed by atoms with van der Waals surface area (Å²) in [5, 5.41) is 13.7. The number of aliphatic hydroxyl groups excluding tert-OH is 1. The number of nitrogens with zero attached hydrogens (tertiary/aromatic N) is 1. The van der Waals surface area contributed by atoms with Crippen molar-refractivity contribution < 1.29 is 32.9 Å². The summed E-state index contributed by atoms with van der Waals surface area (Å²) in [6.45, 7) is 4.71. The molecule has 0 saturated carbocycles. The summed E-state index contributed by atoms with van der Waals surface area (Å²) >= 11 is 0. The second-order valence-corrected chi connectivity index (χ2v) is 16.5. The van der Waals surface area contributed by atoms with Crippen LogP contribution in [-0.2, 0) is 18.4 Å². The summed E-state index contributed by atoms with van der Waals surface area (Å²) in [7, 11) is 1.52. The lowest BCUT2D eigenvalue weighted by atomic mass is 10.1. The molecule has 51 heavy (non-hydrogen) atoms. The quantitative estimate of drug-likeness (QED) is 0.0256. The summed E-state index contributed by atoms with van der Waals surface area (Å²) in [5.74, 6) is -0.257. The number of unbranched alkanes of at least 4 members (excludes halogenated alkanes) is 17. The number of likely N-dealkylation sites (N-methyl/N-ethyl adjacent to an activating group) is 1. The molecule has 0 radical (unpaired) electrons. The molecule has 8 nitrogen and oxygen atoms in total. The van der Waals surface area contributed by atoms with Crippen LogP contribution in [0.4, 0.5) is 0 Å². The zero-order chi connectivity index (χ0) is 37.9. The minimum atomic E-state index is -4.35. The summed E-state index contributed by atoms with van der Waals surface area (Å²) in [4.78, 5) is 23.0. The van der Waals surface area contributed by atoms with Crippen LogP contribution >= 0.6 is 7.82 Å². The highest BCUT2D eigenvalue weighted by Gasteiger charge is 2.27. The second-order valence-electron chi connectivity index (χ2n) is 15.0. The number of rotatable bonds is 36. The van der Waals surface area contributed by atoms with Gasteiger partial charge in [0.15, 0.2) is 0 Å². The van der Waals surface area contributed by atoms with Gasteiger partial charge in [0.1, 0.15) is 13.2 Å². The van der Waals surface area contributed by atoms with Gasteiger partial charge < -0.3 is 19.8 Å². The van der Waals surface area contributed by atoms with E-state index in [9.17, 15) is 19.4 Å². The minimum absolute atomic E-state index is 0.0457. The Balaban J connectivity index is 4.64. The number of amides is 1. The Morgan fingerprint density at radius 2 is 1.14 bits per heavy atom. The van der Waals surface area contributed by atoms with E-state index in [-0.39, 0.29) is 25.5 Å². The highest BCUT2D eigenvalue weighted by atomic mass is 31.2. The Morgan fingerprint density at radius 3 is 1.69 bits per heavy atom.